The summed E-state index contributed by atoms with van der Waals surface area (Å²) in [6.07, 6.45) is 0.653. The van der Waals surface area contributed by atoms with E-state index in [-0.39, 0.29) is 11.3 Å². The smallest absolute Gasteiger partial charge is 0.295 e. The highest BCUT2D eigenvalue weighted by Gasteiger charge is 2.47. The van der Waals surface area contributed by atoms with Gasteiger partial charge in [-0.25, -0.2) is 0 Å². The number of carbonyl (C=O) groups is 2. The van der Waals surface area contributed by atoms with Crippen molar-refractivity contribution in [1.82, 2.24) is 9.80 Å². The number of morpholine rings is 1. The maximum atomic E-state index is 13.5. The van der Waals surface area contributed by atoms with Gasteiger partial charge in [-0.2, -0.15) is 0 Å². The summed E-state index contributed by atoms with van der Waals surface area (Å²) in [5.41, 5.74) is 0.897. The van der Waals surface area contributed by atoms with Crippen molar-refractivity contribution in [3.05, 3.63) is 53.1 Å². The molecule has 202 valence electrons. The summed E-state index contributed by atoms with van der Waals surface area (Å²) in [6.45, 7) is 4.92. The molecule has 2 fully saturated rings. The summed E-state index contributed by atoms with van der Waals surface area (Å²) in [6, 6.07) is 9.30. The van der Waals surface area contributed by atoms with Crippen molar-refractivity contribution < 1.29 is 38.4 Å². The molecule has 0 unspecified atom stereocenters. The van der Waals surface area contributed by atoms with E-state index in [9.17, 15) is 14.7 Å². The molecule has 0 aliphatic carbocycles. The fourth-order valence-corrected chi connectivity index (χ4v) is 5.12. The molecule has 1 N–H and O–H groups in total. The van der Waals surface area contributed by atoms with Gasteiger partial charge in [-0.05, 0) is 42.8 Å². The highest BCUT2D eigenvalue weighted by Crippen LogP contribution is 2.44. The zero-order chi connectivity index (χ0) is 26.6. The van der Waals surface area contributed by atoms with Gasteiger partial charge in [0.15, 0.2) is 11.5 Å². The minimum atomic E-state index is -0.863. The molecular formula is C28H32N2O8. The molecule has 0 aromatic heterocycles. The lowest BCUT2D eigenvalue weighted by Gasteiger charge is -2.29. The number of ketones is 1. The Morgan fingerprint density at radius 2 is 1.71 bits per heavy atom. The van der Waals surface area contributed by atoms with E-state index in [4.69, 9.17) is 23.7 Å². The fraction of sp³-hybridized carbons (Fsp3) is 0.429. The number of ether oxygens (including phenoxy) is 5. The number of hydrogen-bond donors (Lipinski definition) is 1. The molecule has 0 radical (unpaired) electrons. The first-order valence-corrected chi connectivity index (χ1v) is 12.7. The van der Waals surface area contributed by atoms with Crippen LogP contribution in [0.4, 0.5) is 0 Å². The monoisotopic (exact) mass is 524 g/mol. The molecule has 0 bridgehead atoms. The van der Waals surface area contributed by atoms with Crippen LogP contribution in [0.25, 0.3) is 5.76 Å². The third kappa shape index (κ3) is 5.01. The van der Waals surface area contributed by atoms with E-state index < -0.39 is 17.7 Å². The molecule has 0 saturated carbocycles. The van der Waals surface area contributed by atoms with Gasteiger partial charge in [-0.1, -0.05) is 0 Å². The van der Waals surface area contributed by atoms with Crippen molar-refractivity contribution in [3.63, 3.8) is 0 Å². The van der Waals surface area contributed by atoms with Gasteiger partial charge in [0.05, 0.1) is 39.0 Å². The Morgan fingerprint density at radius 3 is 2.45 bits per heavy atom. The molecular weight excluding hydrogens is 492 g/mol. The Labute approximate surface area is 221 Å². The molecule has 3 heterocycles. The summed E-state index contributed by atoms with van der Waals surface area (Å²) in [7, 11) is 3.07. The van der Waals surface area contributed by atoms with Crippen LogP contribution >= 0.6 is 0 Å². The lowest BCUT2D eigenvalue weighted by Crippen LogP contribution is -2.39. The van der Waals surface area contributed by atoms with Gasteiger partial charge in [0, 0.05) is 37.3 Å². The molecule has 0 spiro atoms. The maximum absolute atomic E-state index is 13.5. The Kier molecular flexibility index (Phi) is 7.71. The maximum Gasteiger partial charge on any atom is 0.295 e. The number of hydrogen-bond acceptors (Lipinski definition) is 9. The summed E-state index contributed by atoms with van der Waals surface area (Å²) in [5, 5.41) is 11.5. The molecule has 1 amide bonds. The van der Waals surface area contributed by atoms with Crippen molar-refractivity contribution in [1.29, 1.82) is 0 Å². The van der Waals surface area contributed by atoms with Crippen LogP contribution in [0.1, 0.15) is 23.6 Å². The zero-order valence-corrected chi connectivity index (χ0v) is 21.6. The number of fused-ring (bicyclic) bond motifs is 1. The van der Waals surface area contributed by atoms with Crippen molar-refractivity contribution in [3.8, 4) is 23.0 Å². The van der Waals surface area contributed by atoms with Gasteiger partial charge < -0.3 is 33.7 Å². The third-order valence-corrected chi connectivity index (χ3v) is 7.06. The number of carbonyl (C=O) groups excluding carboxylic acids is 2. The molecule has 38 heavy (non-hydrogen) atoms. The second kappa shape index (κ2) is 11.3. The Bertz CT molecular complexity index is 1240. The average molecular weight is 525 g/mol. The first kappa shape index (κ1) is 25.9. The van der Waals surface area contributed by atoms with Crippen LogP contribution in [0.15, 0.2) is 42.0 Å². The summed E-state index contributed by atoms with van der Waals surface area (Å²) < 4.78 is 27.7. The Hall–Kier alpha value is -3.76. The summed E-state index contributed by atoms with van der Waals surface area (Å²) in [4.78, 5) is 30.6. The molecule has 3 aliphatic heterocycles. The minimum Gasteiger partial charge on any atom is -0.507 e. The average Bonchev–Trinajstić information content (AvgIpc) is 3.21. The number of likely N-dealkylation sites (tertiary alicyclic amines) is 1. The van der Waals surface area contributed by atoms with E-state index in [1.54, 1.807) is 43.5 Å². The van der Waals surface area contributed by atoms with Crippen molar-refractivity contribution >= 4 is 17.4 Å². The predicted octanol–water partition coefficient (Wildman–Crippen LogP) is 2.62. The predicted molar refractivity (Wildman–Crippen MR) is 138 cm³/mol. The number of Topliss-reactive ketones (excluding diaryl/α,β-unsaturated/α-hetero) is 1. The van der Waals surface area contributed by atoms with Crippen molar-refractivity contribution in [2.24, 2.45) is 0 Å². The van der Waals surface area contributed by atoms with Gasteiger partial charge >= 0.3 is 0 Å². The molecule has 2 saturated heterocycles. The quantitative estimate of drug-likeness (QED) is 0.317. The molecule has 5 rings (SSSR count). The molecule has 3 aliphatic rings. The fourth-order valence-electron chi connectivity index (χ4n) is 5.12. The molecule has 2 aromatic carbocycles. The molecule has 1 atom stereocenters. The number of rotatable bonds is 8. The van der Waals surface area contributed by atoms with Crippen LogP contribution in [-0.4, -0.2) is 93.4 Å². The molecule has 10 nitrogen and oxygen atoms in total. The van der Waals surface area contributed by atoms with Crippen LogP contribution in [0, 0.1) is 0 Å². The standard InChI is InChI=1S/C28H32N2O8/c1-34-19-5-7-21(35-2)20(17-19)25-24(26(31)18-4-6-22-23(16-18)38-15-14-37-22)27(32)28(33)30(25)9-3-8-29-10-12-36-13-11-29/h4-7,16-17,25,31H,3,8-15H2,1-2H3/b26-24+/t25-/m1/s1. The number of benzene rings is 2. The van der Waals surface area contributed by atoms with E-state index in [0.717, 1.165) is 19.6 Å². The molecule has 2 aromatic rings. The second-order valence-corrected chi connectivity index (χ2v) is 9.27. The Morgan fingerprint density at radius 1 is 0.947 bits per heavy atom. The van der Waals surface area contributed by atoms with E-state index in [1.807, 2.05) is 0 Å². The van der Waals surface area contributed by atoms with Gasteiger partial charge in [0.25, 0.3) is 11.7 Å². The molecule has 10 heteroatoms. The largest absolute Gasteiger partial charge is 0.507 e. The van der Waals surface area contributed by atoms with Crippen molar-refractivity contribution in [2.75, 3.05) is 66.8 Å². The number of aliphatic hydroxyl groups excluding tert-OH is 1. The van der Waals surface area contributed by atoms with Crippen LogP contribution in [-0.2, 0) is 14.3 Å². The van der Waals surface area contributed by atoms with Gasteiger partial charge in [-0.15, -0.1) is 0 Å². The lowest BCUT2D eigenvalue weighted by atomic mass is 9.94. The zero-order valence-electron chi connectivity index (χ0n) is 21.6. The third-order valence-electron chi connectivity index (χ3n) is 7.06. The van der Waals surface area contributed by atoms with Gasteiger partial charge in [0.1, 0.15) is 30.5 Å². The topological polar surface area (TPSA) is 107 Å². The SMILES string of the molecule is COc1ccc(OC)c([C@@H]2/C(=C(\O)c3ccc4c(c3)OCCO4)C(=O)C(=O)N2CCCN2CCOCC2)c1. The normalized spacial score (nSPS) is 21.0. The number of methoxy groups -OCH3 is 2. The number of aliphatic hydroxyl groups is 1. The lowest BCUT2D eigenvalue weighted by molar-refractivity contribution is -0.140. The van der Waals surface area contributed by atoms with Crippen LogP contribution in [0.3, 0.4) is 0 Å². The first-order valence-electron chi connectivity index (χ1n) is 12.7. The minimum absolute atomic E-state index is 0.00963. The number of nitrogens with zero attached hydrogens (tertiary/aromatic N) is 2. The first-order chi connectivity index (χ1) is 18.5. The van der Waals surface area contributed by atoms with E-state index in [0.29, 0.717) is 73.5 Å². The second-order valence-electron chi connectivity index (χ2n) is 9.27. The van der Waals surface area contributed by atoms with E-state index in [1.165, 1.54) is 12.0 Å². The summed E-state index contributed by atoms with van der Waals surface area (Å²) >= 11 is 0. The van der Waals surface area contributed by atoms with Gasteiger partial charge in [0.2, 0.25) is 0 Å². The van der Waals surface area contributed by atoms with Gasteiger partial charge in [-0.3, -0.25) is 14.5 Å². The summed E-state index contributed by atoms with van der Waals surface area (Å²) in [5.74, 6) is 0.339. The highest BCUT2D eigenvalue weighted by molar-refractivity contribution is 6.46. The van der Waals surface area contributed by atoms with Crippen LogP contribution in [0.2, 0.25) is 0 Å². The highest BCUT2D eigenvalue weighted by atomic mass is 16.6. The van der Waals surface area contributed by atoms with E-state index >= 15 is 0 Å². The van der Waals surface area contributed by atoms with E-state index in [2.05, 4.69) is 4.90 Å². The van der Waals surface area contributed by atoms with Crippen LogP contribution in [0.5, 0.6) is 23.0 Å². The number of amides is 1. The van der Waals surface area contributed by atoms with Crippen LogP contribution < -0.4 is 18.9 Å². The van der Waals surface area contributed by atoms with Crippen molar-refractivity contribution in [2.45, 2.75) is 12.5 Å². The Balaban J connectivity index is 1.55.